The van der Waals surface area contributed by atoms with Crippen molar-refractivity contribution in [3.63, 3.8) is 0 Å². The number of nitrogens with one attached hydrogen (secondary N) is 1. The van der Waals surface area contributed by atoms with Gasteiger partial charge in [-0.2, -0.15) is 0 Å². The molecule has 0 aliphatic carbocycles. The first-order valence-corrected chi connectivity index (χ1v) is 7.32. The Morgan fingerprint density at radius 3 is 2.43 bits per heavy atom. The van der Waals surface area contributed by atoms with E-state index in [1.165, 1.54) is 16.8 Å². The molecule has 0 radical (unpaired) electrons. The Kier molecular flexibility index (Phi) is 6.78. The number of methoxy groups -OCH3 is 1. The normalized spacial score (nSPS) is 10.5. The molecule has 21 heavy (non-hydrogen) atoms. The maximum absolute atomic E-state index is 5.47. The molecule has 0 atom stereocenters. The summed E-state index contributed by atoms with van der Waals surface area (Å²) in [5.74, 6) is 0. The van der Waals surface area contributed by atoms with Crippen molar-refractivity contribution in [2.45, 2.75) is 6.42 Å². The zero-order valence-electron chi connectivity index (χ0n) is 12.5. The Morgan fingerprint density at radius 2 is 1.62 bits per heavy atom. The van der Waals surface area contributed by atoms with Crippen molar-refractivity contribution in [2.24, 2.45) is 0 Å². The number of para-hydroxylation sites is 1. The molecular weight excluding hydrogens is 262 g/mol. The molecule has 2 rings (SSSR count). The van der Waals surface area contributed by atoms with Crippen LogP contribution in [0.5, 0.6) is 0 Å². The Bertz CT molecular complexity index is 514. The van der Waals surface area contributed by atoms with Crippen molar-refractivity contribution < 1.29 is 9.47 Å². The predicted octanol–water partition coefficient (Wildman–Crippen LogP) is 3.35. The summed E-state index contributed by atoms with van der Waals surface area (Å²) in [6.45, 7) is 2.77. The van der Waals surface area contributed by atoms with E-state index in [2.05, 4.69) is 53.8 Å². The summed E-state index contributed by atoms with van der Waals surface area (Å²) in [6, 6.07) is 18.9. The van der Waals surface area contributed by atoms with Gasteiger partial charge >= 0.3 is 0 Å². The molecule has 0 spiro atoms. The fourth-order valence-corrected chi connectivity index (χ4v) is 2.16. The summed E-state index contributed by atoms with van der Waals surface area (Å²) in [5.41, 5.74) is 3.81. The molecule has 0 unspecified atom stereocenters. The second kappa shape index (κ2) is 9.16. The molecule has 0 fully saturated rings. The summed E-state index contributed by atoms with van der Waals surface area (Å²) in [6.07, 6.45) is 0.939. The number of rotatable bonds is 9. The SMILES string of the molecule is COCCOCCNc1ccccc1Cc1ccccc1. The molecule has 0 aromatic heterocycles. The molecular formula is C18H23NO2. The zero-order valence-corrected chi connectivity index (χ0v) is 12.5. The number of hydrogen-bond acceptors (Lipinski definition) is 3. The van der Waals surface area contributed by atoms with Crippen molar-refractivity contribution in [2.75, 3.05) is 38.8 Å². The van der Waals surface area contributed by atoms with Gasteiger partial charge in [0.1, 0.15) is 0 Å². The highest BCUT2D eigenvalue weighted by Crippen LogP contribution is 2.18. The van der Waals surface area contributed by atoms with Crippen LogP contribution >= 0.6 is 0 Å². The lowest BCUT2D eigenvalue weighted by molar-refractivity contribution is 0.0759. The third kappa shape index (κ3) is 5.58. The Hall–Kier alpha value is -1.84. The fraction of sp³-hybridized carbons (Fsp3) is 0.333. The largest absolute Gasteiger partial charge is 0.382 e. The standard InChI is InChI=1S/C18H23NO2/c1-20-13-14-21-12-11-19-18-10-6-5-9-17(18)15-16-7-3-2-4-8-16/h2-10,19H,11-15H2,1H3. The van der Waals surface area contributed by atoms with E-state index < -0.39 is 0 Å². The van der Waals surface area contributed by atoms with Gasteiger partial charge < -0.3 is 14.8 Å². The number of anilines is 1. The van der Waals surface area contributed by atoms with Gasteiger partial charge in [0.25, 0.3) is 0 Å². The third-order valence-electron chi connectivity index (χ3n) is 3.25. The lowest BCUT2D eigenvalue weighted by Gasteiger charge is -2.12. The minimum absolute atomic E-state index is 0.643. The van der Waals surface area contributed by atoms with Crippen molar-refractivity contribution in [3.05, 3.63) is 65.7 Å². The van der Waals surface area contributed by atoms with Crippen LogP contribution < -0.4 is 5.32 Å². The lowest BCUT2D eigenvalue weighted by atomic mass is 10.0. The van der Waals surface area contributed by atoms with Crippen LogP contribution in [0.4, 0.5) is 5.69 Å². The van der Waals surface area contributed by atoms with E-state index in [1.807, 2.05) is 6.07 Å². The molecule has 0 saturated carbocycles. The molecule has 0 aliphatic rings. The van der Waals surface area contributed by atoms with Crippen molar-refractivity contribution >= 4 is 5.69 Å². The van der Waals surface area contributed by atoms with E-state index in [-0.39, 0.29) is 0 Å². The molecule has 0 amide bonds. The van der Waals surface area contributed by atoms with Gasteiger partial charge in [0.05, 0.1) is 19.8 Å². The van der Waals surface area contributed by atoms with Crippen molar-refractivity contribution in [3.8, 4) is 0 Å². The molecule has 0 aliphatic heterocycles. The van der Waals surface area contributed by atoms with Gasteiger partial charge in [0.15, 0.2) is 0 Å². The summed E-state index contributed by atoms with van der Waals surface area (Å²) in [7, 11) is 1.68. The summed E-state index contributed by atoms with van der Waals surface area (Å²) in [4.78, 5) is 0. The maximum Gasteiger partial charge on any atom is 0.0701 e. The minimum Gasteiger partial charge on any atom is -0.382 e. The second-order valence-electron chi connectivity index (χ2n) is 4.85. The first-order valence-electron chi connectivity index (χ1n) is 7.32. The molecule has 112 valence electrons. The average molecular weight is 285 g/mol. The summed E-state index contributed by atoms with van der Waals surface area (Å²) >= 11 is 0. The first kappa shape index (κ1) is 15.5. The molecule has 2 aromatic rings. The molecule has 1 N–H and O–H groups in total. The molecule has 2 aromatic carbocycles. The lowest BCUT2D eigenvalue weighted by Crippen LogP contribution is -2.13. The number of ether oxygens (including phenoxy) is 2. The number of hydrogen-bond donors (Lipinski definition) is 1. The molecule has 3 heteroatoms. The second-order valence-corrected chi connectivity index (χ2v) is 4.85. The predicted molar refractivity (Wildman–Crippen MR) is 86.9 cm³/mol. The van der Waals surface area contributed by atoms with Gasteiger partial charge in [0, 0.05) is 19.3 Å². The van der Waals surface area contributed by atoms with Crippen LogP contribution in [0.3, 0.4) is 0 Å². The van der Waals surface area contributed by atoms with Gasteiger partial charge in [0.2, 0.25) is 0 Å². The van der Waals surface area contributed by atoms with Crippen LogP contribution in [0.25, 0.3) is 0 Å². The minimum atomic E-state index is 0.643. The highest BCUT2D eigenvalue weighted by Gasteiger charge is 2.02. The molecule has 3 nitrogen and oxygen atoms in total. The van der Waals surface area contributed by atoms with Crippen LogP contribution in [0, 0.1) is 0 Å². The zero-order chi connectivity index (χ0) is 14.8. The summed E-state index contributed by atoms with van der Waals surface area (Å²) in [5, 5.41) is 3.44. The fourth-order valence-electron chi connectivity index (χ4n) is 2.16. The van der Waals surface area contributed by atoms with E-state index in [1.54, 1.807) is 7.11 Å². The monoisotopic (exact) mass is 285 g/mol. The summed E-state index contributed by atoms with van der Waals surface area (Å²) < 4.78 is 10.4. The van der Waals surface area contributed by atoms with Crippen molar-refractivity contribution in [1.29, 1.82) is 0 Å². The smallest absolute Gasteiger partial charge is 0.0701 e. The molecule has 0 bridgehead atoms. The average Bonchev–Trinajstić information content (AvgIpc) is 2.53. The highest BCUT2D eigenvalue weighted by atomic mass is 16.5. The number of benzene rings is 2. The van der Waals surface area contributed by atoms with Gasteiger partial charge in [-0.3, -0.25) is 0 Å². The van der Waals surface area contributed by atoms with Crippen LogP contribution in [0.15, 0.2) is 54.6 Å². The topological polar surface area (TPSA) is 30.5 Å². The first-order chi connectivity index (χ1) is 10.4. The van der Waals surface area contributed by atoms with E-state index in [0.29, 0.717) is 19.8 Å². The van der Waals surface area contributed by atoms with E-state index in [4.69, 9.17) is 9.47 Å². The van der Waals surface area contributed by atoms with E-state index in [9.17, 15) is 0 Å². The molecule has 0 saturated heterocycles. The van der Waals surface area contributed by atoms with Gasteiger partial charge in [-0.15, -0.1) is 0 Å². The Balaban J connectivity index is 1.85. The quantitative estimate of drug-likeness (QED) is 0.717. The highest BCUT2D eigenvalue weighted by molar-refractivity contribution is 5.52. The van der Waals surface area contributed by atoms with Crippen LogP contribution in [0.2, 0.25) is 0 Å². The van der Waals surface area contributed by atoms with Gasteiger partial charge in [-0.1, -0.05) is 48.5 Å². The van der Waals surface area contributed by atoms with Gasteiger partial charge in [-0.25, -0.2) is 0 Å². The molecule has 0 heterocycles. The van der Waals surface area contributed by atoms with Crippen molar-refractivity contribution in [1.82, 2.24) is 0 Å². The van der Waals surface area contributed by atoms with Crippen LogP contribution in [-0.2, 0) is 15.9 Å². The van der Waals surface area contributed by atoms with Gasteiger partial charge in [-0.05, 0) is 23.6 Å². The van der Waals surface area contributed by atoms with Crippen LogP contribution in [-0.4, -0.2) is 33.5 Å². The Morgan fingerprint density at radius 1 is 0.857 bits per heavy atom. The van der Waals surface area contributed by atoms with Crippen LogP contribution in [0.1, 0.15) is 11.1 Å². The van der Waals surface area contributed by atoms with E-state index in [0.717, 1.165) is 13.0 Å². The Labute approximate surface area is 126 Å². The maximum atomic E-state index is 5.47. The van der Waals surface area contributed by atoms with E-state index >= 15 is 0 Å². The third-order valence-corrected chi connectivity index (χ3v) is 3.25.